The van der Waals surface area contributed by atoms with Crippen molar-refractivity contribution in [1.82, 2.24) is 9.88 Å². The molecular formula is C13H16ClN3O3. The van der Waals surface area contributed by atoms with Gasteiger partial charge in [-0.25, -0.2) is 4.98 Å². The minimum atomic E-state index is -0.697. The van der Waals surface area contributed by atoms with Gasteiger partial charge in [0.2, 0.25) is 5.15 Å². The Labute approximate surface area is 122 Å². The van der Waals surface area contributed by atoms with E-state index in [1.807, 2.05) is 20.8 Å². The van der Waals surface area contributed by atoms with Crippen molar-refractivity contribution in [3.05, 3.63) is 45.7 Å². The first kappa shape index (κ1) is 16.1. The monoisotopic (exact) mass is 297 g/mol. The molecule has 0 aromatic carbocycles. The SMILES string of the molecule is C=CCN(C(=O)c1ccnc(Cl)c1[N+](=O)[O-])C(C)(C)C. The van der Waals surface area contributed by atoms with Crippen LogP contribution in [0.25, 0.3) is 0 Å². The molecule has 7 heteroatoms. The predicted molar refractivity (Wildman–Crippen MR) is 76.9 cm³/mol. The maximum absolute atomic E-state index is 12.5. The number of rotatable bonds is 4. The van der Waals surface area contributed by atoms with E-state index in [-0.39, 0.29) is 17.3 Å². The van der Waals surface area contributed by atoms with Gasteiger partial charge in [-0.3, -0.25) is 14.9 Å². The number of hydrogen-bond acceptors (Lipinski definition) is 4. The van der Waals surface area contributed by atoms with Crippen molar-refractivity contribution in [1.29, 1.82) is 0 Å². The molecule has 0 saturated heterocycles. The van der Waals surface area contributed by atoms with Gasteiger partial charge in [-0.1, -0.05) is 17.7 Å². The molecule has 6 nitrogen and oxygen atoms in total. The molecule has 0 aliphatic carbocycles. The zero-order valence-electron chi connectivity index (χ0n) is 11.6. The number of halogens is 1. The number of carbonyl (C=O) groups is 1. The van der Waals surface area contributed by atoms with Crippen LogP contribution in [0.1, 0.15) is 31.1 Å². The fourth-order valence-corrected chi connectivity index (χ4v) is 1.94. The number of carbonyl (C=O) groups excluding carboxylic acids is 1. The molecule has 0 radical (unpaired) electrons. The standard InChI is InChI=1S/C13H16ClN3O3/c1-5-8-16(13(2,3)4)12(18)9-6-7-15-11(14)10(9)17(19)20/h5-7H,1,8H2,2-4H3. The van der Waals surface area contributed by atoms with Gasteiger partial charge in [-0.05, 0) is 26.8 Å². The van der Waals surface area contributed by atoms with Crippen LogP contribution in [0.2, 0.25) is 5.15 Å². The lowest BCUT2D eigenvalue weighted by molar-refractivity contribution is -0.385. The maximum Gasteiger partial charge on any atom is 0.319 e. The summed E-state index contributed by atoms with van der Waals surface area (Å²) in [6.07, 6.45) is 2.84. The van der Waals surface area contributed by atoms with Crippen molar-refractivity contribution < 1.29 is 9.72 Å². The van der Waals surface area contributed by atoms with Gasteiger partial charge < -0.3 is 4.90 Å². The highest BCUT2D eigenvalue weighted by Gasteiger charge is 2.32. The Balaban J connectivity index is 3.36. The van der Waals surface area contributed by atoms with Gasteiger partial charge in [0.05, 0.1) is 4.92 Å². The summed E-state index contributed by atoms with van der Waals surface area (Å²) in [6, 6.07) is 1.30. The summed E-state index contributed by atoms with van der Waals surface area (Å²) < 4.78 is 0. The molecule has 108 valence electrons. The van der Waals surface area contributed by atoms with Gasteiger partial charge >= 0.3 is 5.69 Å². The Morgan fingerprint density at radius 2 is 2.20 bits per heavy atom. The maximum atomic E-state index is 12.5. The van der Waals surface area contributed by atoms with E-state index in [0.29, 0.717) is 0 Å². The van der Waals surface area contributed by atoms with Crippen LogP contribution in [-0.2, 0) is 0 Å². The number of pyridine rings is 1. The third kappa shape index (κ3) is 3.33. The summed E-state index contributed by atoms with van der Waals surface area (Å²) in [4.78, 5) is 28.0. The zero-order valence-corrected chi connectivity index (χ0v) is 12.3. The number of amides is 1. The van der Waals surface area contributed by atoms with E-state index < -0.39 is 22.1 Å². The van der Waals surface area contributed by atoms with Crippen LogP contribution < -0.4 is 0 Å². The first-order chi connectivity index (χ1) is 9.20. The average molecular weight is 298 g/mol. The third-order valence-electron chi connectivity index (χ3n) is 2.66. The highest BCUT2D eigenvalue weighted by atomic mass is 35.5. The second-order valence-electron chi connectivity index (χ2n) is 5.13. The minimum absolute atomic E-state index is 0.0771. The molecule has 1 rings (SSSR count). The summed E-state index contributed by atoms with van der Waals surface area (Å²) in [6.45, 7) is 9.39. The Bertz CT molecular complexity index is 552. The largest absolute Gasteiger partial charge is 0.330 e. The Kier molecular flexibility index (Phi) is 4.83. The molecule has 0 unspecified atom stereocenters. The lowest BCUT2D eigenvalue weighted by atomic mass is 10.0. The first-order valence-corrected chi connectivity index (χ1v) is 6.29. The van der Waals surface area contributed by atoms with Gasteiger partial charge in [0.15, 0.2) is 0 Å². The van der Waals surface area contributed by atoms with Gasteiger partial charge in [-0.2, -0.15) is 0 Å². The summed E-state index contributed by atoms with van der Waals surface area (Å²) in [7, 11) is 0. The summed E-state index contributed by atoms with van der Waals surface area (Å²) in [5.74, 6) is -0.478. The second-order valence-corrected chi connectivity index (χ2v) is 5.49. The number of aromatic nitrogens is 1. The Morgan fingerprint density at radius 3 is 2.65 bits per heavy atom. The molecule has 0 saturated carbocycles. The molecule has 0 fully saturated rings. The number of hydrogen-bond donors (Lipinski definition) is 0. The van der Waals surface area contributed by atoms with E-state index in [0.717, 1.165) is 0 Å². The molecule has 0 bridgehead atoms. The van der Waals surface area contributed by atoms with Gasteiger partial charge in [0.1, 0.15) is 5.56 Å². The Hall–Kier alpha value is -1.95. The van der Waals surface area contributed by atoms with Crippen molar-refractivity contribution in [3.63, 3.8) is 0 Å². The van der Waals surface area contributed by atoms with E-state index >= 15 is 0 Å². The molecule has 0 spiro atoms. The molecule has 0 atom stereocenters. The van der Waals surface area contributed by atoms with Crippen molar-refractivity contribution in [3.8, 4) is 0 Å². The van der Waals surface area contributed by atoms with Crippen molar-refractivity contribution in [2.75, 3.05) is 6.54 Å². The quantitative estimate of drug-likeness (QED) is 0.370. The van der Waals surface area contributed by atoms with Crippen LogP contribution in [-0.4, -0.2) is 32.8 Å². The average Bonchev–Trinajstić information content (AvgIpc) is 2.32. The van der Waals surface area contributed by atoms with Crippen LogP contribution in [0, 0.1) is 10.1 Å². The van der Waals surface area contributed by atoms with E-state index in [2.05, 4.69) is 11.6 Å². The molecule has 0 N–H and O–H groups in total. The van der Waals surface area contributed by atoms with Crippen molar-refractivity contribution in [2.24, 2.45) is 0 Å². The molecular weight excluding hydrogens is 282 g/mol. The molecule has 0 aliphatic heterocycles. The second kappa shape index (κ2) is 6.00. The number of nitrogens with zero attached hydrogens (tertiary/aromatic N) is 3. The molecule has 1 heterocycles. The normalized spacial score (nSPS) is 11.0. The molecule has 1 aromatic rings. The van der Waals surface area contributed by atoms with Crippen LogP contribution in [0.4, 0.5) is 5.69 Å². The fraction of sp³-hybridized carbons (Fsp3) is 0.385. The molecule has 0 aliphatic rings. The highest BCUT2D eigenvalue weighted by Crippen LogP contribution is 2.28. The van der Waals surface area contributed by atoms with Crippen molar-refractivity contribution >= 4 is 23.2 Å². The van der Waals surface area contributed by atoms with Crippen LogP contribution in [0.5, 0.6) is 0 Å². The smallest absolute Gasteiger partial charge is 0.319 e. The van der Waals surface area contributed by atoms with Crippen LogP contribution in [0.3, 0.4) is 0 Å². The topological polar surface area (TPSA) is 76.3 Å². The van der Waals surface area contributed by atoms with Gasteiger partial charge in [-0.15, -0.1) is 6.58 Å². The third-order valence-corrected chi connectivity index (χ3v) is 2.94. The van der Waals surface area contributed by atoms with Crippen molar-refractivity contribution in [2.45, 2.75) is 26.3 Å². The first-order valence-electron chi connectivity index (χ1n) is 5.92. The predicted octanol–water partition coefficient (Wildman–Crippen LogP) is 3.07. The van der Waals surface area contributed by atoms with Gasteiger partial charge in [0, 0.05) is 18.3 Å². The van der Waals surface area contributed by atoms with E-state index in [4.69, 9.17) is 11.6 Å². The fourth-order valence-electron chi connectivity index (χ4n) is 1.71. The summed E-state index contributed by atoms with van der Waals surface area (Å²) in [5, 5.41) is 10.8. The Morgan fingerprint density at radius 1 is 1.60 bits per heavy atom. The van der Waals surface area contributed by atoms with E-state index in [9.17, 15) is 14.9 Å². The lowest BCUT2D eigenvalue weighted by Crippen LogP contribution is -2.45. The highest BCUT2D eigenvalue weighted by molar-refractivity contribution is 6.32. The van der Waals surface area contributed by atoms with Gasteiger partial charge in [0.25, 0.3) is 5.91 Å². The minimum Gasteiger partial charge on any atom is -0.330 e. The van der Waals surface area contributed by atoms with Crippen LogP contribution in [0.15, 0.2) is 24.9 Å². The van der Waals surface area contributed by atoms with Crippen LogP contribution >= 0.6 is 11.6 Å². The molecule has 1 amide bonds. The summed E-state index contributed by atoms with van der Waals surface area (Å²) in [5.41, 5.74) is -1.06. The zero-order chi connectivity index (χ0) is 15.5. The van der Waals surface area contributed by atoms with E-state index in [1.165, 1.54) is 17.2 Å². The lowest BCUT2D eigenvalue weighted by Gasteiger charge is -2.34. The number of nitro groups is 1. The van der Waals surface area contributed by atoms with E-state index in [1.54, 1.807) is 6.08 Å². The molecule has 1 aromatic heterocycles. The molecule has 20 heavy (non-hydrogen) atoms. The summed E-state index contributed by atoms with van der Waals surface area (Å²) >= 11 is 5.72.